The van der Waals surface area contributed by atoms with E-state index in [-0.39, 0.29) is 5.78 Å². The maximum Gasteiger partial charge on any atom is 0.194 e. The maximum absolute atomic E-state index is 12.7. The van der Waals surface area contributed by atoms with Gasteiger partial charge in [0.15, 0.2) is 5.78 Å². The topological polar surface area (TPSA) is 17.1 Å². The molecule has 0 aliphatic heterocycles. The first kappa shape index (κ1) is 13.8. The summed E-state index contributed by atoms with van der Waals surface area (Å²) in [5.41, 5.74) is 2.22. The Labute approximate surface area is 134 Å². The third kappa shape index (κ3) is 2.20. The van der Waals surface area contributed by atoms with Crippen molar-refractivity contribution in [2.24, 2.45) is 0 Å². The molecule has 0 aliphatic carbocycles. The van der Waals surface area contributed by atoms with Crippen LogP contribution < -0.4 is 0 Å². The molecule has 1 nitrogen and oxygen atoms in total. The SMILES string of the molecule is Cc1c(Cl)cccc1C(=O)c1csc2c(Br)cccc12. The van der Waals surface area contributed by atoms with Crippen LogP contribution in [0.1, 0.15) is 21.5 Å². The van der Waals surface area contributed by atoms with Crippen LogP contribution in [-0.2, 0) is 0 Å². The van der Waals surface area contributed by atoms with Gasteiger partial charge in [0, 0.05) is 36.1 Å². The van der Waals surface area contributed by atoms with Crippen molar-refractivity contribution in [3.05, 3.63) is 68.0 Å². The van der Waals surface area contributed by atoms with E-state index in [0.29, 0.717) is 10.6 Å². The zero-order valence-corrected chi connectivity index (χ0v) is 13.8. The Balaban J connectivity index is 2.18. The van der Waals surface area contributed by atoms with Gasteiger partial charge in [0.25, 0.3) is 0 Å². The molecule has 0 radical (unpaired) electrons. The molecular formula is C16H10BrClOS. The fraction of sp³-hybridized carbons (Fsp3) is 0.0625. The van der Waals surface area contributed by atoms with Crippen molar-refractivity contribution in [2.45, 2.75) is 6.92 Å². The van der Waals surface area contributed by atoms with Gasteiger partial charge in [0.05, 0.1) is 0 Å². The van der Waals surface area contributed by atoms with E-state index >= 15 is 0 Å². The zero-order valence-electron chi connectivity index (χ0n) is 10.6. The van der Waals surface area contributed by atoms with E-state index in [4.69, 9.17) is 11.6 Å². The van der Waals surface area contributed by atoms with Gasteiger partial charge >= 0.3 is 0 Å². The van der Waals surface area contributed by atoms with Crippen molar-refractivity contribution in [2.75, 3.05) is 0 Å². The fourth-order valence-electron chi connectivity index (χ4n) is 2.20. The van der Waals surface area contributed by atoms with Gasteiger partial charge in [-0.3, -0.25) is 4.79 Å². The molecule has 2 aromatic carbocycles. The van der Waals surface area contributed by atoms with Gasteiger partial charge in [-0.2, -0.15) is 0 Å². The molecule has 0 spiro atoms. The number of hydrogen-bond donors (Lipinski definition) is 0. The quantitative estimate of drug-likeness (QED) is 0.520. The van der Waals surface area contributed by atoms with Crippen molar-refractivity contribution >= 4 is 54.7 Å². The fourth-order valence-corrected chi connectivity index (χ4v) is 3.97. The Morgan fingerprint density at radius 3 is 2.70 bits per heavy atom. The number of rotatable bonds is 2. The second kappa shape index (κ2) is 5.32. The summed E-state index contributed by atoms with van der Waals surface area (Å²) in [7, 11) is 0. The number of carbonyl (C=O) groups is 1. The molecule has 0 amide bonds. The van der Waals surface area contributed by atoms with Gasteiger partial charge in [-0.25, -0.2) is 0 Å². The minimum absolute atomic E-state index is 0.0225. The Morgan fingerprint density at radius 2 is 1.90 bits per heavy atom. The first-order chi connectivity index (χ1) is 9.59. The van der Waals surface area contributed by atoms with Crippen LogP contribution in [0.3, 0.4) is 0 Å². The highest BCUT2D eigenvalue weighted by molar-refractivity contribution is 9.10. The van der Waals surface area contributed by atoms with Gasteiger partial charge in [-0.1, -0.05) is 35.9 Å². The van der Waals surface area contributed by atoms with Crippen molar-refractivity contribution in [1.82, 2.24) is 0 Å². The van der Waals surface area contributed by atoms with Crippen LogP contribution in [0.5, 0.6) is 0 Å². The lowest BCUT2D eigenvalue weighted by atomic mass is 9.99. The minimum atomic E-state index is 0.0225. The lowest BCUT2D eigenvalue weighted by molar-refractivity contribution is 0.104. The summed E-state index contributed by atoms with van der Waals surface area (Å²) in [5, 5.41) is 3.52. The van der Waals surface area contributed by atoms with Crippen LogP contribution in [0.25, 0.3) is 10.1 Å². The van der Waals surface area contributed by atoms with Crippen LogP contribution >= 0.6 is 38.9 Å². The van der Waals surface area contributed by atoms with Gasteiger partial charge in [0.1, 0.15) is 0 Å². The third-order valence-corrected chi connectivity index (χ3v) is 5.67. The summed E-state index contributed by atoms with van der Waals surface area (Å²) in [6.07, 6.45) is 0. The number of carbonyl (C=O) groups excluding carboxylic acids is 1. The van der Waals surface area contributed by atoms with Gasteiger partial charge in [-0.15, -0.1) is 11.3 Å². The smallest absolute Gasteiger partial charge is 0.194 e. The lowest BCUT2D eigenvalue weighted by Crippen LogP contribution is -2.03. The van der Waals surface area contributed by atoms with Gasteiger partial charge in [0.2, 0.25) is 0 Å². The summed E-state index contributed by atoms with van der Waals surface area (Å²) in [5.74, 6) is 0.0225. The first-order valence-corrected chi connectivity index (χ1v) is 8.10. The number of fused-ring (bicyclic) bond motifs is 1. The highest BCUT2D eigenvalue weighted by Crippen LogP contribution is 2.34. The summed E-state index contributed by atoms with van der Waals surface area (Å²) in [4.78, 5) is 12.7. The van der Waals surface area contributed by atoms with Crippen molar-refractivity contribution in [3.8, 4) is 0 Å². The van der Waals surface area contributed by atoms with Crippen LogP contribution in [-0.4, -0.2) is 5.78 Å². The number of hydrogen-bond acceptors (Lipinski definition) is 2. The van der Waals surface area contributed by atoms with E-state index in [2.05, 4.69) is 15.9 Å². The van der Waals surface area contributed by atoms with Crippen LogP contribution in [0, 0.1) is 6.92 Å². The molecule has 0 saturated carbocycles. The standard InChI is InChI=1S/C16H10BrClOS/c1-9-10(4-3-7-14(9)18)15(19)12-8-20-16-11(12)5-2-6-13(16)17/h2-8H,1H3. The molecule has 3 aromatic rings. The Kier molecular flexibility index (Phi) is 3.67. The summed E-state index contributed by atoms with van der Waals surface area (Å²) in [6, 6.07) is 11.3. The highest BCUT2D eigenvalue weighted by Gasteiger charge is 2.17. The second-order valence-electron chi connectivity index (χ2n) is 4.51. The molecule has 0 bridgehead atoms. The van der Waals surface area contributed by atoms with E-state index in [0.717, 1.165) is 25.7 Å². The van der Waals surface area contributed by atoms with E-state index in [1.54, 1.807) is 17.4 Å². The molecule has 0 aliphatic rings. The molecule has 4 heteroatoms. The molecule has 0 N–H and O–H groups in total. The summed E-state index contributed by atoms with van der Waals surface area (Å²) in [6.45, 7) is 1.88. The Hall–Kier alpha value is -1.16. The van der Waals surface area contributed by atoms with Crippen LogP contribution in [0.2, 0.25) is 5.02 Å². The number of benzene rings is 2. The molecule has 100 valence electrons. The summed E-state index contributed by atoms with van der Waals surface area (Å²) < 4.78 is 2.11. The van der Waals surface area contributed by atoms with Crippen molar-refractivity contribution in [3.63, 3.8) is 0 Å². The van der Waals surface area contributed by atoms with E-state index in [1.807, 2.05) is 42.6 Å². The second-order valence-corrected chi connectivity index (χ2v) is 6.65. The van der Waals surface area contributed by atoms with Gasteiger partial charge in [-0.05, 0) is 40.5 Å². The predicted octanol–water partition coefficient (Wildman–Crippen LogP) is 5.86. The Morgan fingerprint density at radius 1 is 1.15 bits per heavy atom. The summed E-state index contributed by atoms with van der Waals surface area (Å²) >= 11 is 11.2. The molecule has 0 saturated heterocycles. The maximum atomic E-state index is 12.7. The zero-order chi connectivity index (χ0) is 14.3. The molecule has 0 atom stereocenters. The average molecular weight is 366 g/mol. The molecule has 0 unspecified atom stereocenters. The molecular weight excluding hydrogens is 356 g/mol. The number of ketones is 1. The van der Waals surface area contributed by atoms with E-state index < -0.39 is 0 Å². The van der Waals surface area contributed by atoms with E-state index in [9.17, 15) is 4.79 Å². The lowest BCUT2D eigenvalue weighted by Gasteiger charge is -2.06. The third-order valence-electron chi connectivity index (χ3n) is 3.31. The molecule has 3 rings (SSSR count). The molecule has 1 aromatic heterocycles. The average Bonchev–Trinajstić information content (AvgIpc) is 2.86. The number of thiophene rings is 1. The van der Waals surface area contributed by atoms with Crippen LogP contribution in [0.4, 0.5) is 0 Å². The van der Waals surface area contributed by atoms with Crippen LogP contribution in [0.15, 0.2) is 46.3 Å². The molecule has 20 heavy (non-hydrogen) atoms. The largest absolute Gasteiger partial charge is 0.289 e. The van der Waals surface area contributed by atoms with E-state index in [1.165, 1.54) is 0 Å². The first-order valence-electron chi connectivity index (χ1n) is 6.05. The van der Waals surface area contributed by atoms with Crippen molar-refractivity contribution in [1.29, 1.82) is 0 Å². The molecule has 0 fully saturated rings. The monoisotopic (exact) mass is 364 g/mol. The van der Waals surface area contributed by atoms with Gasteiger partial charge < -0.3 is 0 Å². The number of halogens is 2. The normalized spacial score (nSPS) is 10.9. The predicted molar refractivity (Wildman–Crippen MR) is 89.1 cm³/mol. The highest BCUT2D eigenvalue weighted by atomic mass is 79.9. The Bertz CT molecular complexity index is 822. The minimum Gasteiger partial charge on any atom is -0.289 e. The molecule has 1 heterocycles. The van der Waals surface area contributed by atoms with Crippen molar-refractivity contribution < 1.29 is 4.79 Å².